The molecule has 0 radical (unpaired) electrons. The number of carbonyl (C=O) groups excluding carboxylic acids is 2. The summed E-state index contributed by atoms with van der Waals surface area (Å²) >= 11 is 19.9. The lowest BCUT2D eigenvalue weighted by Crippen LogP contribution is -2.50. The van der Waals surface area contributed by atoms with Gasteiger partial charge >= 0.3 is 0 Å². The van der Waals surface area contributed by atoms with E-state index >= 15 is 0 Å². The van der Waals surface area contributed by atoms with Crippen LogP contribution in [0.25, 0.3) is 0 Å². The van der Waals surface area contributed by atoms with Gasteiger partial charge in [-0.1, -0.05) is 47.8 Å². The van der Waals surface area contributed by atoms with E-state index < -0.39 is 6.04 Å². The standard InChI is InChI=1S/C22H25Cl3N2O2S/c1-4-14(2)26-22(29)15(3)27(12-18-19(24)6-5-7-20(18)25)21(28)13-30-17-10-8-16(23)9-11-17/h5-11,14-15H,4,12-13H2,1-3H3,(H,26,29)/t14-,15-/m1/s1. The first-order valence-corrected chi connectivity index (χ1v) is 11.8. The van der Waals surface area contributed by atoms with Gasteiger partial charge in [-0.2, -0.15) is 0 Å². The number of amides is 2. The Bertz CT molecular complexity index is 857. The first-order valence-electron chi connectivity index (χ1n) is 9.64. The third-order valence-corrected chi connectivity index (χ3v) is 6.69. The van der Waals surface area contributed by atoms with Crippen molar-refractivity contribution < 1.29 is 9.59 Å². The van der Waals surface area contributed by atoms with Gasteiger partial charge in [0.1, 0.15) is 6.04 Å². The molecule has 0 bridgehead atoms. The van der Waals surface area contributed by atoms with Crippen LogP contribution in [-0.4, -0.2) is 34.6 Å². The highest BCUT2D eigenvalue weighted by Gasteiger charge is 2.28. The normalized spacial score (nSPS) is 12.9. The van der Waals surface area contributed by atoms with E-state index in [4.69, 9.17) is 34.8 Å². The smallest absolute Gasteiger partial charge is 0.242 e. The lowest BCUT2D eigenvalue weighted by atomic mass is 10.1. The molecule has 0 aliphatic carbocycles. The minimum Gasteiger partial charge on any atom is -0.352 e. The van der Waals surface area contributed by atoms with Crippen LogP contribution in [0.2, 0.25) is 15.1 Å². The topological polar surface area (TPSA) is 49.4 Å². The van der Waals surface area contributed by atoms with Crippen molar-refractivity contribution in [3.63, 3.8) is 0 Å². The van der Waals surface area contributed by atoms with Crippen molar-refractivity contribution in [2.75, 3.05) is 5.75 Å². The molecule has 0 saturated heterocycles. The van der Waals surface area contributed by atoms with Gasteiger partial charge in [0.05, 0.1) is 5.75 Å². The fraction of sp³-hybridized carbons (Fsp3) is 0.364. The number of thioether (sulfide) groups is 1. The maximum Gasteiger partial charge on any atom is 0.242 e. The van der Waals surface area contributed by atoms with Gasteiger partial charge in [-0.3, -0.25) is 9.59 Å². The summed E-state index contributed by atoms with van der Waals surface area (Å²) in [6.45, 7) is 5.78. The second-order valence-corrected chi connectivity index (χ2v) is 9.26. The van der Waals surface area contributed by atoms with Gasteiger partial charge in [-0.05, 0) is 56.7 Å². The van der Waals surface area contributed by atoms with Crippen molar-refractivity contribution in [1.29, 1.82) is 0 Å². The molecule has 0 saturated carbocycles. The Morgan fingerprint density at radius 2 is 1.63 bits per heavy atom. The van der Waals surface area contributed by atoms with Crippen molar-refractivity contribution in [3.05, 3.63) is 63.1 Å². The van der Waals surface area contributed by atoms with Gasteiger partial charge in [-0.15, -0.1) is 11.8 Å². The Balaban J connectivity index is 2.21. The number of nitrogens with zero attached hydrogens (tertiary/aromatic N) is 1. The first kappa shape index (κ1) is 24.9. The van der Waals surface area contributed by atoms with E-state index in [1.54, 1.807) is 37.3 Å². The van der Waals surface area contributed by atoms with E-state index in [2.05, 4.69) is 5.32 Å². The summed E-state index contributed by atoms with van der Waals surface area (Å²) in [5, 5.41) is 4.49. The van der Waals surface area contributed by atoms with Gasteiger partial charge in [0.2, 0.25) is 11.8 Å². The van der Waals surface area contributed by atoms with E-state index in [0.29, 0.717) is 20.6 Å². The summed E-state index contributed by atoms with van der Waals surface area (Å²) in [5.41, 5.74) is 0.619. The van der Waals surface area contributed by atoms with Crippen LogP contribution < -0.4 is 5.32 Å². The first-order chi connectivity index (χ1) is 14.2. The monoisotopic (exact) mass is 486 g/mol. The summed E-state index contributed by atoms with van der Waals surface area (Å²) in [7, 11) is 0. The zero-order chi connectivity index (χ0) is 22.3. The minimum atomic E-state index is -0.676. The summed E-state index contributed by atoms with van der Waals surface area (Å²) in [5.74, 6) is -0.222. The van der Waals surface area contributed by atoms with Crippen LogP contribution >= 0.6 is 46.6 Å². The van der Waals surface area contributed by atoms with Gasteiger partial charge in [0.25, 0.3) is 0 Å². The van der Waals surface area contributed by atoms with E-state index in [1.807, 2.05) is 26.0 Å². The van der Waals surface area contributed by atoms with Crippen LogP contribution in [0.1, 0.15) is 32.8 Å². The lowest BCUT2D eigenvalue weighted by molar-refractivity contribution is -0.138. The Morgan fingerprint density at radius 1 is 1.03 bits per heavy atom. The predicted octanol–water partition coefficient (Wildman–Crippen LogP) is 6.07. The molecule has 1 N–H and O–H groups in total. The quantitative estimate of drug-likeness (QED) is 0.437. The predicted molar refractivity (Wildman–Crippen MR) is 127 cm³/mol. The maximum absolute atomic E-state index is 13.1. The van der Waals surface area contributed by atoms with Gasteiger partial charge < -0.3 is 10.2 Å². The van der Waals surface area contributed by atoms with E-state index in [0.717, 1.165) is 11.3 Å². The van der Waals surface area contributed by atoms with Crippen molar-refractivity contribution in [1.82, 2.24) is 10.2 Å². The van der Waals surface area contributed by atoms with Crippen LogP contribution in [0.15, 0.2) is 47.4 Å². The zero-order valence-corrected chi connectivity index (χ0v) is 20.2. The number of halogens is 3. The summed E-state index contributed by atoms with van der Waals surface area (Å²) in [4.78, 5) is 28.3. The molecule has 2 amide bonds. The molecule has 2 aromatic carbocycles. The molecule has 2 rings (SSSR count). The van der Waals surface area contributed by atoms with Crippen molar-refractivity contribution >= 4 is 58.4 Å². The molecule has 30 heavy (non-hydrogen) atoms. The lowest BCUT2D eigenvalue weighted by Gasteiger charge is -2.30. The zero-order valence-electron chi connectivity index (χ0n) is 17.1. The summed E-state index contributed by atoms with van der Waals surface area (Å²) in [6, 6.07) is 11.8. The second kappa shape index (κ2) is 11.8. The molecule has 0 fully saturated rings. The third-order valence-electron chi connectivity index (χ3n) is 4.73. The molecular weight excluding hydrogens is 463 g/mol. The molecule has 8 heteroatoms. The Kier molecular flexibility index (Phi) is 9.82. The highest BCUT2D eigenvalue weighted by molar-refractivity contribution is 8.00. The van der Waals surface area contributed by atoms with Gasteiger partial charge in [0.15, 0.2) is 0 Å². The highest BCUT2D eigenvalue weighted by Crippen LogP contribution is 2.27. The summed E-state index contributed by atoms with van der Waals surface area (Å²) in [6.07, 6.45) is 0.801. The van der Waals surface area contributed by atoms with Crippen molar-refractivity contribution in [3.8, 4) is 0 Å². The molecule has 2 aromatic rings. The minimum absolute atomic E-state index is 0.0178. The van der Waals surface area contributed by atoms with Crippen molar-refractivity contribution in [2.24, 2.45) is 0 Å². The molecule has 4 nitrogen and oxygen atoms in total. The van der Waals surface area contributed by atoms with Crippen LogP contribution in [0.3, 0.4) is 0 Å². The molecule has 2 atom stereocenters. The van der Waals surface area contributed by atoms with Crippen LogP contribution in [0, 0.1) is 0 Å². The molecular formula is C22H25Cl3N2O2S. The molecule has 162 valence electrons. The summed E-state index contributed by atoms with van der Waals surface area (Å²) < 4.78 is 0. The van der Waals surface area contributed by atoms with Gasteiger partial charge in [0, 0.05) is 38.1 Å². The molecule has 0 heterocycles. The average Bonchev–Trinajstić information content (AvgIpc) is 2.72. The molecule has 0 aliphatic heterocycles. The Hall–Kier alpha value is -1.40. The van der Waals surface area contributed by atoms with Gasteiger partial charge in [-0.25, -0.2) is 0 Å². The van der Waals surface area contributed by atoms with E-state index in [1.165, 1.54) is 16.7 Å². The Morgan fingerprint density at radius 3 is 2.20 bits per heavy atom. The number of hydrogen-bond donors (Lipinski definition) is 1. The number of hydrogen-bond acceptors (Lipinski definition) is 3. The average molecular weight is 488 g/mol. The molecule has 0 aromatic heterocycles. The second-order valence-electron chi connectivity index (χ2n) is 6.96. The number of benzene rings is 2. The number of carbonyl (C=O) groups is 2. The van der Waals surface area contributed by atoms with E-state index in [-0.39, 0.29) is 30.2 Å². The molecule has 0 aliphatic rings. The van der Waals surface area contributed by atoms with E-state index in [9.17, 15) is 9.59 Å². The number of nitrogens with one attached hydrogen (secondary N) is 1. The molecule has 0 spiro atoms. The SMILES string of the molecule is CC[C@@H](C)NC(=O)[C@@H](C)N(Cc1c(Cl)cccc1Cl)C(=O)CSc1ccc(Cl)cc1. The fourth-order valence-corrected chi connectivity index (χ4v) is 4.09. The number of rotatable bonds is 9. The molecule has 0 unspecified atom stereocenters. The Labute approximate surface area is 197 Å². The van der Waals surface area contributed by atoms with Crippen LogP contribution in [0.5, 0.6) is 0 Å². The third kappa shape index (κ3) is 7.09. The van der Waals surface area contributed by atoms with Crippen molar-refractivity contribution in [2.45, 2.75) is 50.7 Å². The maximum atomic E-state index is 13.1. The van der Waals surface area contributed by atoms with Crippen LogP contribution in [0.4, 0.5) is 0 Å². The largest absolute Gasteiger partial charge is 0.352 e. The van der Waals surface area contributed by atoms with Crippen LogP contribution in [-0.2, 0) is 16.1 Å². The fourth-order valence-electron chi connectivity index (χ4n) is 2.66. The highest BCUT2D eigenvalue weighted by atomic mass is 35.5.